The fourth-order valence-corrected chi connectivity index (χ4v) is 2.14. The Labute approximate surface area is 71.6 Å². The van der Waals surface area contributed by atoms with Gasteiger partial charge in [-0.25, -0.2) is 0 Å². The Morgan fingerprint density at radius 3 is 1.90 bits per heavy atom. The van der Waals surface area contributed by atoms with Crippen molar-refractivity contribution in [2.24, 2.45) is 0 Å². The third-order valence-electron chi connectivity index (χ3n) is 1.04. The van der Waals surface area contributed by atoms with Gasteiger partial charge in [-0.2, -0.15) is 0 Å². The van der Waals surface area contributed by atoms with Crippen LogP contribution in [-0.2, 0) is 7.07 Å². The van der Waals surface area contributed by atoms with Gasteiger partial charge in [0.25, 0.3) is 0 Å². The fraction of sp³-hybridized carbons (Fsp3) is 0. The molecule has 0 spiro atoms. The van der Waals surface area contributed by atoms with E-state index >= 15 is 0 Å². The van der Waals surface area contributed by atoms with Crippen molar-refractivity contribution in [1.82, 2.24) is 0 Å². The van der Waals surface area contributed by atoms with Gasteiger partial charge in [0.05, 0.1) is 0 Å². The van der Waals surface area contributed by atoms with Gasteiger partial charge in [0.2, 0.25) is 0 Å². The first kappa shape index (κ1) is 8.06. The molecule has 0 fully saturated rings. The summed E-state index contributed by atoms with van der Waals surface area (Å²) >= 11 is 0.834. The van der Waals surface area contributed by atoms with Gasteiger partial charge < -0.3 is 0 Å². The molecule has 0 amide bonds. The Morgan fingerprint density at radius 2 is 1.60 bits per heavy atom. The Morgan fingerprint density at radius 1 is 1.10 bits per heavy atom. The molecule has 0 saturated carbocycles. The predicted octanol–water partition coefficient (Wildman–Crippen LogP) is 0.276. The van der Waals surface area contributed by atoms with Gasteiger partial charge in [0.15, 0.2) is 0 Å². The number of hydrogen-bond donors (Lipinski definition) is 0. The maximum absolute atomic E-state index is 10.9. The number of hydrogen-bond acceptors (Lipinski definition) is 2. The SMILES string of the molecule is O=S(=O)([TeH])c1ccccc1. The normalized spacial score (nSPS) is 11.3. The third kappa shape index (κ3) is 1.98. The molecule has 1 aromatic carbocycles. The van der Waals surface area contributed by atoms with Crippen LogP contribution in [0, 0.1) is 0 Å². The van der Waals surface area contributed by atoms with E-state index in [4.69, 9.17) is 0 Å². The Kier molecular flexibility index (Phi) is 2.35. The molecule has 10 heavy (non-hydrogen) atoms. The van der Waals surface area contributed by atoms with Crippen molar-refractivity contribution in [3.63, 3.8) is 0 Å². The second kappa shape index (κ2) is 2.91. The zero-order valence-electron chi connectivity index (χ0n) is 5.06. The van der Waals surface area contributed by atoms with E-state index in [1.165, 1.54) is 0 Å². The molecular formula is C6H6O2STe. The molecule has 0 radical (unpaired) electrons. The Balaban J connectivity index is 3.22. The van der Waals surface area contributed by atoms with Gasteiger partial charge in [-0.1, -0.05) is 0 Å². The van der Waals surface area contributed by atoms with Gasteiger partial charge >= 0.3 is 71.6 Å². The summed E-state index contributed by atoms with van der Waals surface area (Å²) in [7, 11) is -2.95. The van der Waals surface area contributed by atoms with Crippen LogP contribution in [0.2, 0.25) is 0 Å². The molecule has 54 valence electrons. The quantitative estimate of drug-likeness (QED) is 0.686. The molecular weight excluding hydrogens is 264 g/mol. The second-order valence-electron chi connectivity index (χ2n) is 1.79. The van der Waals surface area contributed by atoms with E-state index in [0.29, 0.717) is 4.90 Å². The summed E-state index contributed by atoms with van der Waals surface area (Å²) in [5.74, 6) is 0. The van der Waals surface area contributed by atoms with E-state index in [1.54, 1.807) is 30.3 Å². The molecule has 1 aromatic rings. The maximum atomic E-state index is 10.9. The molecule has 2 nitrogen and oxygen atoms in total. The Bertz CT molecular complexity index is 304. The molecule has 0 aliphatic heterocycles. The van der Waals surface area contributed by atoms with Crippen molar-refractivity contribution in [1.29, 1.82) is 0 Å². The first-order valence-electron chi connectivity index (χ1n) is 2.63. The van der Waals surface area contributed by atoms with E-state index < -0.39 is 7.07 Å². The molecule has 0 bridgehead atoms. The topological polar surface area (TPSA) is 34.1 Å². The molecule has 0 N–H and O–H groups in total. The van der Waals surface area contributed by atoms with Gasteiger partial charge in [-0.05, 0) is 0 Å². The van der Waals surface area contributed by atoms with Crippen molar-refractivity contribution < 1.29 is 8.42 Å². The molecule has 0 atom stereocenters. The van der Waals surface area contributed by atoms with E-state index in [0.717, 1.165) is 20.9 Å². The molecule has 0 heterocycles. The third-order valence-corrected chi connectivity index (χ3v) is 3.71. The van der Waals surface area contributed by atoms with Crippen LogP contribution in [0.5, 0.6) is 0 Å². The van der Waals surface area contributed by atoms with Crippen molar-refractivity contribution in [2.45, 2.75) is 4.90 Å². The van der Waals surface area contributed by atoms with Gasteiger partial charge in [-0.15, -0.1) is 0 Å². The standard InChI is InChI=1S/C6H6O2STe/c7-9(8,10)6-4-2-1-3-5-6/h1-5H,(H,7,8,10). The van der Waals surface area contributed by atoms with E-state index in [1.807, 2.05) is 0 Å². The molecule has 0 saturated heterocycles. The average Bonchev–Trinajstić information content (AvgIpc) is 1.88. The van der Waals surface area contributed by atoms with Crippen LogP contribution in [0.25, 0.3) is 0 Å². The van der Waals surface area contributed by atoms with Crippen LogP contribution in [0.3, 0.4) is 0 Å². The van der Waals surface area contributed by atoms with Crippen LogP contribution in [0.1, 0.15) is 0 Å². The van der Waals surface area contributed by atoms with Crippen LogP contribution in [-0.4, -0.2) is 29.3 Å². The summed E-state index contributed by atoms with van der Waals surface area (Å²) in [6.07, 6.45) is 0. The fourth-order valence-electron chi connectivity index (χ4n) is 0.592. The molecule has 0 unspecified atom stereocenters. The minimum absolute atomic E-state index is 0.393. The molecule has 0 aliphatic rings. The van der Waals surface area contributed by atoms with E-state index in [9.17, 15) is 8.42 Å². The monoisotopic (exact) mass is 272 g/mol. The molecule has 4 heteroatoms. The summed E-state index contributed by atoms with van der Waals surface area (Å²) in [5.41, 5.74) is 0. The summed E-state index contributed by atoms with van der Waals surface area (Å²) in [6, 6.07) is 8.40. The van der Waals surface area contributed by atoms with Crippen LogP contribution in [0.15, 0.2) is 35.2 Å². The second-order valence-corrected chi connectivity index (χ2v) is 7.33. The zero-order valence-corrected chi connectivity index (χ0v) is 8.43. The zero-order chi connectivity index (χ0) is 7.61. The van der Waals surface area contributed by atoms with Crippen molar-refractivity contribution in [3.8, 4) is 0 Å². The number of rotatable bonds is 1. The first-order chi connectivity index (χ1) is 4.61. The van der Waals surface area contributed by atoms with E-state index in [2.05, 4.69) is 0 Å². The average molecular weight is 270 g/mol. The van der Waals surface area contributed by atoms with Crippen LogP contribution < -0.4 is 0 Å². The number of benzene rings is 1. The van der Waals surface area contributed by atoms with Gasteiger partial charge in [-0.3, -0.25) is 0 Å². The summed E-state index contributed by atoms with van der Waals surface area (Å²) in [4.78, 5) is 0.393. The van der Waals surface area contributed by atoms with Gasteiger partial charge in [0, 0.05) is 0 Å². The minimum atomic E-state index is -2.95. The Hall–Kier alpha value is -0.0404. The first-order valence-corrected chi connectivity index (χ1v) is 7.20. The van der Waals surface area contributed by atoms with Gasteiger partial charge in [0.1, 0.15) is 0 Å². The summed E-state index contributed by atoms with van der Waals surface area (Å²) in [5, 5.41) is 0. The summed E-state index contributed by atoms with van der Waals surface area (Å²) in [6.45, 7) is 0. The summed E-state index contributed by atoms with van der Waals surface area (Å²) < 4.78 is 21.7. The molecule has 0 aromatic heterocycles. The van der Waals surface area contributed by atoms with Crippen molar-refractivity contribution in [2.75, 3.05) is 0 Å². The molecule has 0 aliphatic carbocycles. The van der Waals surface area contributed by atoms with Crippen molar-refractivity contribution in [3.05, 3.63) is 30.3 Å². The van der Waals surface area contributed by atoms with Crippen molar-refractivity contribution >= 4 is 28.0 Å². The predicted molar refractivity (Wildman–Crippen MR) is 40.8 cm³/mol. The van der Waals surface area contributed by atoms with Crippen LogP contribution in [0.4, 0.5) is 0 Å². The molecule has 1 rings (SSSR count). The van der Waals surface area contributed by atoms with E-state index in [-0.39, 0.29) is 0 Å². The van der Waals surface area contributed by atoms with Crippen LogP contribution >= 0.6 is 0 Å².